The van der Waals surface area contributed by atoms with E-state index in [-0.39, 0.29) is 5.91 Å². The van der Waals surface area contributed by atoms with Crippen molar-refractivity contribution in [3.63, 3.8) is 0 Å². The van der Waals surface area contributed by atoms with E-state index in [0.29, 0.717) is 29.2 Å². The predicted octanol–water partition coefficient (Wildman–Crippen LogP) is 3.61. The second kappa shape index (κ2) is 6.32. The molecule has 1 aliphatic heterocycles. The van der Waals surface area contributed by atoms with Gasteiger partial charge in [-0.2, -0.15) is 9.36 Å². The Morgan fingerprint density at radius 1 is 1.41 bits per heavy atom. The second-order valence-electron chi connectivity index (χ2n) is 5.56. The Morgan fingerprint density at radius 2 is 2.18 bits per heavy atom. The average Bonchev–Trinajstić information content (AvgIpc) is 2.96. The largest absolute Gasteiger partial charge is 0.381 e. The normalized spacial score (nSPS) is 17.2. The predicted molar refractivity (Wildman–Crippen MR) is 87.1 cm³/mol. The monoisotopic (exact) mass is 337 g/mol. The highest BCUT2D eigenvalue weighted by Crippen LogP contribution is 2.32. The van der Waals surface area contributed by atoms with Gasteiger partial charge in [0.25, 0.3) is 0 Å². The minimum Gasteiger partial charge on any atom is -0.381 e. The minimum absolute atomic E-state index is 0.0235. The molecule has 0 aliphatic carbocycles. The Hall–Kier alpha value is -1.50. The minimum atomic E-state index is -0.403. The number of hydrogen-bond acceptors (Lipinski definition) is 5. The van der Waals surface area contributed by atoms with Gasteiger partial charge in [0.1, 0.15) is 0 Å². The lowest BCUT2D eigenvalue weighted by molar-refractivity contribution is -0.129. The molecule has 1 fully saturated rings. The van der Waals surface area contributed by atoms with Crippen molar-refractivity contribution in [1.82, 2.24) is 9.36 Å². The summed E-state index contributed by atoms with van der Waals surface area (Å²) in [6.45, 7) is 3.20. The van der Waals surface area contributed by atoms with Crippen LogP contribution in [-0.2, 0) is 9.53 Å². The number of carbonyl (C=O) groups is 1. The van der Waals surface area contributed by atoms with Crippen LogP contribution in [0, 0.1) is 5.41 Å². The maximum Gasteiger partial charge on any atom is 0.232 e. The van der Waals surface area contributed by atoms with E-state index < -0.39 is 5.41 Å². The van der Waals surface area contributed by atoms with E-state index in [9.17, 15) is 4.79 Å². The van der Waals surface area contributed by atoms with E-state index in [2.05, 4.69) is 14.7 Å². The standard InChI is InChI=1S/C15H16ClN3O2S/c1-15(5-7-21-8-6-15)13(20)18-14-17-12(19-22-14)10-3-2-4-11(16)9-10/h2-4,9H,5-8H2,1H3,(H,17,18,19,20). The van der Waals surface area contributed by atoms with Crippen molar-refractivity contribution in [3.05, 3.63) is 29.3 Å². The van der Waals surface area contributed by atoms with Crippen molar-refractivity contribution in [2.24, 2.45) is 5.41 Å². The van der Waals surface area contributed by atoms with Crippen molar-refractivity contribution in [1.29, 1.82) is 0 Å². The van der Waals surface area contributed by atoms with Crippen LogP contribution in [0.5, 0.6) is 0 Å². The molecule has 5 nitrogen and oxygen atoms in total. The highest BCUT2D eigenvalue weighted by atomic mass is 35.5. The molecule has 3 rings (SSSR count). The third kappa shape index (κ3) is 3.29. The number of rotatable bonds is 3. The number of aromatic nitrogens is 2. The second-order valence-corrected chi connectivity index (χ2v) is 6.75. The van der Waals surface area contributed by atoms with Gasteiger partial charge in [0.05, 0.1) is 5.41 Å². The number of hydrogen-bond donors (Lipinski definition) is 1. The van der Waals surface area contributed by atoms with Crippen molar-refractivity contribution in [2.75, 3.05) is 18.5 Å². The zero-order chi connectivity index (χ0) is 15.6. The number of carbonyl (C=O) groups excluding carboxylic acids is 1. The Morgan fingerprint density at radius 3 is 2.91 bits per heavy atom. The van der Waals surface area contributed by atoms with Crippen LogP contribution in [0.15, 0.2) is 24.3 Å². The molecule has 1 saturated heterocycles. The molecule has 0 unspecified atom stereocenters. The SMILES string of the molecule is CC1(C(=O)Nc2nc(-c3cccc(Cl)c3)ns2)CCOCC1. The number of nitrogens with zero attached hydrogens (tertiary/aromatic N) is 2. The molecule has 0 bridgehead atoms. The number of ether oxygens (including phenoxy) is 1. The Balaban J connectivity index is 1.73. The summed E-state index contributed by atoms with van der Waals surface area (Å²) in [5.74, 6) is 0.546. The summed E-state index contributed by atoms with van der Waals surface area (Å²) in [5.41, 5.74) is 0.432. The van der Waals surface area contributed by atoms with E-state index in [1.165, 1.54) is 11.5 Å². The first-order valence-electron chi connectivity index (χ1n) is 7.06. The molecule has 116 valence electrons. The third-order valence-electron chi connectivity index (χ3n) is 3.87. The molecule has 7 heteroatoms. The topological polar surface area (TPSA) is 64.1 Å². The van der Waals surface area contributed by atoms with Gasteiger partial charge in [-0.05, 0) is 25.0 Å². The van der Waals surface area contributed by atoms with Gasteiger partial charge in [-0.1, -0.05) is 30.7 Å². The van der Waals surface area contributed by atoms with Crippen molar-refractivity contribution < 1.29 is 9.53 Å². The lowest BCUT2D eigenvalue weighted by Gasteiger charge is -2.31. The average molecular weight is 338 g/mol. The van der Waals surface area contributed by atoms with Gasteiger partial charge in [0.2, 0.25) is 11.0 Å². The fraction of sp³-hybridized carbons (Fsp3) is 0.400. The summed E-state index contributed by atoms with van der Waals surface area (Å²) < 4.78 is 9.60. The van der Waals surface area contributed by atoms with E-state index in [0.717, 1.165) is 18.4 Å². The number of anilines is 1. The zero-order valence-corrected chi connectivity index (χ0v) is 13.7. The summed E-state index contributed by atoms with van der Waals surface area (Å²) >= 11 is 7.15. The van der Waals surface area contributed by atoms with Gasteiger partial charge in [-0.15, -0.1) is 0 Å². The Bertz CT molecular complexity index is 683. The smallest absolute Gasteiger partial charge is 0.232 e. The fourth-order valence-corrected chi connectivity index (χ4v) is 3.09. The molecule has 0 spiro atoms. The summed E-state index contributed by atoms with van der Waals surface area (Å²) in [4.78, 5) is 16.8. The van der Waals surface area contributed by atoms with Crippen LogP contribution in [0.4, 0.5) is 5.13 Å². The van der Waals surface area contributed by atoms with Crippen LogP contribution in [0.3, 0.4) is 0 Å². The molecule has 1 N–H and O–H groups in total. The van der Waals surface area contributed by atoms with Gasteiger partial charge in [-0.25, -0.2) is 0 Å². The number of amides is 1. The summed E-state index contributed by atoms with van der Waals surface area (Å²) in [5, 5.41) is 4.01. The first-order valence-corrected chi connectivity index (χ1v) is 8.21. The number of benzene rings is 1. The highest BCUT2D eigenvalue weighted by molar-refractivity contribution is 7.10. The molecule has 2 heterocycles. The quantitative estimate of drug-likeness (QED) is 0.929. The summed E-state index contributed by atoms with van der Waals surface area (Å²) in [6.07, 6.45) is 1.44. The molecule has 1 aliphatic rings. The number of halogens is 1. The van der Waals surface area contributed by atoms with E-state index >= 15 is 0 Å². The van der Waals surface area contributed by atoms with Gasteiger partial charge in [0.15, 0.2) is 5.82 Å². The molecular weight excluding hydrogens is 322 g/mol. The lowest BCUT2D eigenvalue weighted by atomic mass is 9.81. The maximum atomic E-state index is 12.4. The fourth-order valence-electron chi connectivity index (χ4n) is 2.32. The molecule has 0 atom stereocenters. The lowest BCUT2D eigenvalue weighted by Crippen LogP contribution is -2.38. The first kappa shape index (κ1) is 15.4. The molecule has 1 amide bonds. The first-order chi connectivity index (χ1) is 10.6. The summed E-state index contributed by atoms with van der Waals surface area (Å²) in [7, 11) is 0. The maximum absolute atomic E-state index is 12.4. The van der Waals surface area contributed by atoms with Crippen molar-refractivity contribution >= 4 is 34.2 Å². The highest BCUT2D eigenvalue weighted by Gasteiger charge is 2.35. The van der Waals surface area contributed by atoms with Gasteiger partial charge < -0.3 is 10.1 Å². The number of nitrogens with one attached hydrogen (secondary N) is 1. The summed E-state index contributed by atoms with van der Waals surface area (Å²) in [6, 6.07) is 7.33. The van der Waals surface area contributed by atoms with Crippen molar-refractivity contribution in [3.8, 4) is 11.4 Å². The van der Waals surface area contributed by atoms with Crippen LogP contribution < -0.4 is 5.32 Å². The van der Waals surface area contributed by atoms with E-state index in [4.69, 9.17) is 16.3 Å². The molecule has 1 aromatic carbocycles. The van der Waals surface area contributed by atoms with E-state index in [1.807, 2.05) is 19.1 Å². The van der Waals surface area contributed by atoms with Crippen LogP contribution in [0.2, 0.25) is 5.02 Å². The molecule has 2 aromatic rings. The van der Waals surface area contributed by atoms with Crippen molar-refractivity contribution in [2.45, 2.75) is 19.8 Å². The van der Waals surface area contributed by atoms with Crippen LogP contribution in [0.1, 0.15) is 19.8 Å². The Kier molecular flexibility index (Phi) is 4.42. The molecule has 1 aromatic heterocycles. The van der Waals surface area contributed by atoms with Crippen LogP contribution in [-0.4, -0.2) is 28.5 Å². The molecule has 0 radical (unpaired) electrons. The molecular formula is C15H16ClN3O2S. The van der Waals surface area contributed by atoms with Crippen LogP contribution >= 0.6 is 23.1 Å². The van der Waals surface area contributed by atoms with Gasteiger partial charge >= 0.3 is 0 Å². The van der Waals surface area contributed by atoms with E-state index in [1.54, 1.807) is 12.1 Å². The Labute approximate surface area is 137 Å². The van der Waals surface area contributed by atoms with Gasteiger partial charge in [-0.3, -0.25) is 4.79 Å². The molecule has 0 saturated carbocycles. The van der Waals surface area contributed by atoms with Gasteiger partial charge in [0, 0.05) is 35.3 Å². The molecule has 22 heavy (non-hydrogen) atoms. The van der Waals surface area contributed by atoms with Crippen LogP contribution in [0.25, 0.3) is 11.4 Å². The third-order valence-corrected chi connectivity index (χ3v) is 4.74. The zero-order valence-electron chi connectivity index (χ0n) is 12.1.